The van der Waals surface area contributed by atoms with Crippen LogP contribution in [0.25, 0.3) is 0 Å². The molecule has 18 heavy (non-hydrogen) atoms. The molecule has 0 amide bonds. The summed E-state index contributed by atoms with van der Waals surface area (Å²) in [6, 6.07) is 0. The number of aliphatic carboxylic acids is 1. The maximum atomic E-state index is 10.8. The van der Waals surface area contributed by atoms with Gasteiger partial charge in [0, 0.05) is 0 Å². The monoisotopic (exact) mass is 300 g/mol. The Balaban J connectivity index is -0.00000128. The molecule has 0 unspecified atom stereocenters. The van der Waals surface area contributed by atoms with Gasteiger partial charge in [0.05, 0.1) is 0 Å². The van der Waals surface area contributed by atoms with Gasteiger partial charge in [0.15, 0.2) is 0 Å². The average molecular weight is 300 g/mol. The molecule has 0 aromatic rings. The van der Waals surface area contributed by atoms with Gasteiger partial charge < -0.3 is 20.8 Å². The van der Waals surface area contributed by atoms with E-state index in [0.29, 0.717) is 0 Å². The summed E-state index contributed by atoms with van der Waals surface area (Å²) < 4.78 is 49.8. The average Bonchev–Trinajstić information content (AvgIpc) is 1.96. The number of hydrogen-bond acceptors (Lipinski definition) is 10. The molecule has 100 valence electrons. The fraction of sp³-hybridized carbons (Fsp3) is 0.333. The molecule has 15 heteroatoms. The third-order valence-electron chi connectivity index (χ3n) is 0.899. The van der Waals surface area contributed by atoms with Crippen LogP contribution in [0, 0.1) is 0 Å². The Labute approximate surface area is 115 Å². The molecule has 0 heterocycles. The number of hydrogen-bond donors (Lipinski definition) is 3. The second-order valence-corrected chi connectivity index (χ2v) is 5.86. The number of carboxylic acids is 1. The van der Waals surface area contributed by atoms with E-state index in [2.05, 4.69) is 8.28 Å². The van der Waals surface area contributed by atoms with E-state index in [1.807, 2.05) is 0 Å². The largest absolute Gasteiger partial charge is 1.00 e. The van der Waals surface area contributed by atoms with Gasteiger partial charge in [0.1, 0.15) is 0 Å². The summed E-state index contributed by atoms with van der Waals surface area (Å²) in [6.07, 6.45) is 0. The van der Waals surface area contributed by atoms with Crippen LogP contribution >= 0.6 is 0 Å². The first-order valence-corrected chi connectivity index (χ1v) is 6.57. The second kappa shape index (κ2) is 7.09. The van der Waals surface area contributed by atoms with Gasteiger partial charge >= 0.3 is 48.2 Å². The van der Waals surface area contributed by atoms with Crippen LogP contribution in [0.1, 0.15) is 1.43 Å². The first kappa shape index (κ1) is 19.7. The zero-order valence-corrected chi connectivity index (χ0v) is 10.3. The van der Waals surface area contributed by atoms with Gasteiger partial charge in [-0.3, -0.25) is 4.10 Å². The fourth-order valence-electron chi connectivity index (χ4n) is 0.511. The summed E-state index contributed by atoms with van der Waals surface area (Å²) in [5.41, 5.74) is 0. The summed E-state index contributed by atoms with van der Waals surface area (Å²) in [5.74, 6) is -4.47. The van der Waals surface area contributed by atoms with E-state index in [1.165, 1.54) is 0 Å². The molecule has 0 atom stereocenters. The van der Waals surface area contributed by atoms with E-state index >= 15 is 0 Å². The van der Waals surface area contributed by atoms with E-state index in [1.54, 1.807) is 0 Å². The van der Waals surface area contributed by atoms with Crippen molar-refractivity contribution in [3.63, 3.8) is 0 Å². The van der Waals surface area contributed by atoms with Crippen LogP contribution < -0.4 is 18.9 Å². The molecule has 0 aliphatic heterocycles. The van der Waals surface area contributed by atoms with E-state index in [4.69, 9.17) is 15.2 Å². The molecule has 0 saturated heterocycles. The molecule has 0 aromatic heterocycles. The Morgan fingerprint density at radius 1 is 1.11 bits per heavy atom. The topological polar surface area (TPSA) is 182 Å². The number of carbonyl (C=O) groups excluding carboxylic acids is 1. The molecule has 11 nitrogen and oxygen atoms in total. The van der Waals surface area contributed by atoms with Crippen LogP contribution in [0.2, 0.25) is 0 Å². The molecule has 0 radical (unpaired) electrons. The van der Waals surface area contributed by atoms with Crippen molar-refractivity contribution in [1.82, 2.24) is 0 Å². The summed E-state index contributed by atoms with van der Waals surface area (Å²) in [5, 5.41) is 22.3. The second-order valence-electron chi connectivity index (χ2n) is 2.33. The van der Waals surface area contributed by atoms with Crippen molar-refractivity contribution in [3.05, 3.63) is 0 Å². The number of carbonyl (C=O) groups is 2. The SMILES string of the molecule is O=C(O)C(=O)OS(=O)(=O)CS(=O)(=O)OB(O)O.[H-].[Li+]. The molecule has 0 bridgehead atoms. The zero-order chi connectivity index (χ0) is 13.9. The van der Waals surface area contributed by atoms with Crippen molar-refractivity contribution < 1.29 is 70.2 Å². The minimum Gasteiger partial charge on any atom is -1.00 e. The van der Waals surface area contributed by atoms with Crippen molar-refractivity contribution in [1.29, 1.82) is 0 Å². The van der Waals surface area contributed by atoms with Gasteiger partial charge in [-0.1, -0.05) is 0 Å². The van der Waals surface area contributed by atoms with Crippen LogP contribution in [0.4, 0.5) is 0 Å². The van der Waals surface area contributed by atoms with Gasteiger partial charge in [0.25, 0.3) is 10.1 Å². The van der Waals surface area contributed by atoms with Crippen molar-refractivity contribution in [2.45, 2.75) is 0 Å². The predicted octanol–water partition coefficient (Wildman–Crippen LogP) is -6.67. The Morgan fingerprint density at radius 3 is 1.89 bits per heavy atom. The van der Waals surface area contributed by atoms with Crippen LogP contribution in [0.3, 0.4) is 0 Å². The Hall–Kier alpha value is -0.618. The molecule has 0 saturated carbocycles. The standard InChI is InChI=1S/C3H5BO11S2.Li.H/c5-2(6)3(7)14-16(10,11)1-17(12,13)15-4(8)9;;/h8-9H,1H2,(H,5,6);;/q;+1;-1. The Kier molecular flexibility index (Phi) is 7.77. The van der Waals surface area contributed by atoms with Crippen molar-refractivity contribution in [2.75, 3.05) is 5.08 Å². The van der Waals surface area contributed by atoms with Crippen molar-refractivity contribution >= 4 is 39.5 Å². The molecule has 0 aliphatic carbocycles. The van der Waals surface area contributed by atoms with Crippen LogP contribution in [0.15, 0.2) is 0 Å². The third-order valence-corrected chi connectivity index (χ3v) is 4.08. The Bertz CT molecular complexity index is 510. The van der Waals surface area contributed by atoms with Crippen molar-refractivity contribution in [3.8, 4) is 0 Å². The van der Waals surface area contributed by atoms with Gasteiger partial charge in [-0.2, -0.15) is 16.8 Å². The van der Waals surface area contributed by atoms with Gasteiger partial charge in [-0.15, -0.1) is 0 Å². The maximum absolute atomic E-state index is 10.8. The molecule has 3 N–H and O–H groups in total. The van der Waals surface area contributed by atoms with Gasteiger partial charge in [-0.05, 0) is 0 Å². The molecular formula is C3H6BLiO11S2. The zero-order valence-electron chi connectivity index (χ0n) is 9.71. The Morgan fingerprint density at radius 2 is 1.56 bits per heavy atom. The van der Waals surface area contributed by atoms with E-state index in [0.717, 1.165) is 0 Å². The van der Waals surface area contributed by atoms with Gasteiger partial charge in [-0.25, -0.2) is 9.59 Å². The number of rotatable bonds is 5. The minimum atomic E-state index is -5.09. The van der Waals surface area contributed by atoms with Crippen LogP contribution in [-0.4, -0.2) is 56.3 Å². The molecule has 0 aliphatic rings. The normalized spacial score (nSPS) is 11.2. The molecule has 0 rings (SSSR count). The smallest absolute Gasteiger partial charge is 1.00 e. The fourth-order valence-corrected chi connectivity index (χ4v) is 2.90. The number of carboxylic acid groups (broad SMARTS) is 1. The first-order valence-electron chi connectivity index (χ1n) is 3.42. The quantitative estimate of drug-likeness (QED) is 0.249. The summed E-state index contributed by atoms with van der Waals surface area (Å²) in [4.78, 5) is 20.3. The van der Waals surface area contributed by atoms with Gasteiger partial charge in [0.2, 0.25) is 5.08 Å². The molecule has 0 aromatic carbocycles. The van der Waals surface area contributed by atoms with Crippen molar-refractivity contribution in [2.24, 2.45) is 0 Å². The summed E-state index contributed by atoms with van der Waals surface area (Å²) in [7, 11) is -12.9. The minimum absolute atomic E-state index is 0. The maximum Gasteiger partial charge on any atom is 1.00 e. The van der Waals surface area contributed by atoms with Crippen LogP contribution in [0.5, 0.6) is 0 Å². The predicted molar refractivity (Wildman–Crippen MR) is 48.8 cm³/mol. The van der Waals surface area contributed by atoms with E-state index in [9.17, 15) is 26.4 Å². The first-order chi connectivity index (χ1) is 7.45. The van der Waals surface area contributed by atoms with E-state index in [-0.39, 0.29) is 20.3 Å². The van der Waals surface area contributed by atoms with E-state index < -0.39 is 44.6 Å². The summed E-state index contributed by atoms with van der Waals surface area (Å²) in [6.45, 7) is 0. The molecular weight excluding hydrogens is 294 g/mol. The molecule has 0 spiro atoms. The summed E-state index contributed by atoms with van der Waals surface area (Å²) >= 11 is 0. The van der Waals surface area contributed by atoms with Crippen LogP contribution in [-0.2, 0) is 38.1 Å². The third kappa shape index (κ3) is 8.47. The molecule has 0 fully saturated rings.